The van der Waals surface area contributed by atoms with Crippen LogP contribution in [0.1, 0.15) is 30.9 Å². The van der Waals surface area contributed by atoms with Gasteiger partial charge in [-0.05, 0) is 57.6 Å². The number of aryl methyl sites for hydroxylation is 1. The highest BCUT2D eigenvalue weighted by Gasteiger charge is 2.20. The monoisotopic (exact) mass is 246 g/mol. The van der Waals surface area contributed by atoms with Crippen molar-refractivity contribution in [2.75, 3.05) is 27.2 Å². The van der Waals surface area contributed by atoms with Gasteiger partial charge >= 0.3 is 0 Å². The molecule has 2 nitrogen and oxygen atoms in total. The smallest absolute Gasteiger partial charge is 0.0233 e. The van der Waals surface area contributed by atoms with Crippen LogP contribution in [0.25, 0.3) is 0 Å². The zero-order chi connectivity index (χ0) is 13.0. The molecule has 2 rings (SSSR count). The molecule has 1 heterocycles. The maximum Gasteiger partial charge on any atom is 0.0233 e. The molecule has 0 unspecified atom stereocenters. The average molecular weight is 246 g/mol. The molecule has 1 aliphatic rings. The Morgan fingerprint density at radius 3 is 2.22 bits per heavy atom. The van der Waals surface area contributed by atoms with E-state index in [-0.39, 0.29) is 0 Å². The van der Waals surface area contributed by atoms with E-state index >= 15 is 0 Å². The lowest BCUT2D eigenvalue weighted by Gasteiger charge is -2.35. The van der Waals surface area contributed by atoms with Gasteiger partial charge < -0.3 is 4.90 Å². The van der Waals surface area contributed by atoms with E-state index in [0.29, 0.717) is 0 Å². The lowest BCUT2D eigenvalue weighted by Crippen LogP contribution is -2.41. The summed E-state index contributed by atoms with van der Waals surface area (Å²) in [4.78, 5) is 4.95. The first kappa shape index (κ1) is 13.6. The third-order valence-electron chi connectivity index (χ3n) is 4.17. The van der Waals surface area contributed by atoms with Crippen LogP contribution in [0, 0.1) is 0 Å². The van der Waals surface area contributed by atoms with Crippen molar-refractivity contribution in [2.45, 2.75) is 38.8 Å². The van der Waals surface area contributed by atoms with Crippen LogP contribution in [0.2, 0.25) is 0 Å². The summed E-state index contributed by atoms with van der Waals surface area (Å²) < 4.78 is 0. The van der Waals surface area contributed by atoms with Crippen molar-refractivity contribution >= 4 is 0 Å². The van der Waals surface area contributed by atoms with Crippen molar-refractivity contribution in [1.82, 2.24) is 9.80 Å². The first-order valence-electron chi connectivity index (χ1n) is 7.15. The third kappa shape index (κ3) is 3.56. The molecule has 2 heteroatoms. The summed E-state index contributed by atoms with van der Waals surface area (Å²) in [5, 5.41) is 0. The SMILES string of the molecule is CCc1ccc(CN(C)C2CCN(C)CC2)cc1. The summed E-state index contributed by atoms with van der Waals surface area (Å²) in [6.45, 7) is 5.77. The fourth-order valence-electron chi connectivity index (χ4n) is 2.73. The zero-order valence-corrected chi connectivity index (χ0v) is 12.0. The second-order valence-corrected chi connectivity index (χ2v) is 5.62. The molecular formula is C16H26N2. The second-order valence-electron chi connectivity index (χ2n) is 5.62. The van der Waals surface area contributed by atoms with Crippen LogP contribution in [-0.2, 0) is 13.0 Å². The molecule has 1 saturated heterocycles. The zero-order valence-electron chi connectivity index (χ0n) is 12.0. The molecule has 18 heavy (non-hydrogen) atoms. The third-order valence-corrected chi connectivity index (χ3v) is 4.17. The molecule has 1 aromatic rings. The maximum atomic E-state index is 2.52. The minimum atomic E-state index is 0.757. The number of nitrogens with zero attached hydrogens (tertiary/aromatic N) is 2. The van der Waals surface area contributed by atoms with Crippen LogP contribution in [0.4, 0.5) is 0 Å². The van der Waals surface area contributed by atoms with E-state index in [1.165, 1.54) is 37.1 Å². The van der Waals surface area contributed by atoms with Crippen molar-refractivity contribution in [2.24, 2.45) is 0 Å². The van der Waals surface area contributed by atoms with Crippen molar-refractivity contribution in [3.05, 3.63) is 35.4 Å². The van der Waals surface area contributed by atoms with Gasteiger partial charge in [0.1, 0.15) is 0 Å². The summed E-state index contributed by atoms with van der Waals surface area (Å²) in [6.07, 6.45) is 3.74. The molecule has 1 fully saturated rings. The van der Waals surface area contributed by atoms with Gasteiger partial charge in [0.05, 0.1) is 0 Å². The molecular weight excluding hydrogens is 220 g/mol. The van der Waals surface area contributed by atoms with Gasteiger partial charge in [-0.2, -0.15) is 0 Å². The van der Waals surface area contributed by atoms with Crippen LogP contribution in [-0.4, -0.2) is 43.0 Å². The average Bonchev–Trinajstić information content (AvgIpc) is 2.40. The fraction of sp³-hybridized carbons (Fsp3) is 0.625. The molecule has 0 bridgehead atoms. The Morgan fingerprint density at radius 2 is 1.67 bits per heavy atom. The molecule has 0 aliphatic carbocycles. The van der Waals surface area contributed by atoms with Crippen LogP contribution in [0.3, 0.4) is 0 Å². The Balaban J connectivity index is 1.87. The predicted octanol–water partition coefficient (Wildman–Crippen LogP) is 2.78. The normalized spacial score (nSPS) is 18.4. The predicted molar refractivity (Wildman–Crippen MR) is 77.8 cm³/mol. The van der Waals surface area contributed by atoms with Gasteiger partial charge in [0.25, 0.3) is 0 Å². The number of piperidine rings is 1. The lowest BCUT2D eigenvalue weighted by molar-refractivity contribution is 0.139. The van der Waals surface area contributed by atoms with Gasteiger partial charge in [-0.3, -0.25) is 4.90 Å². The molecule has 1 aromatic carbocycles. The fourth-order valence-corrected chi connectivity index (χ4v) is 2.73. The number of hydrogen-bond acceptors (Lipinski definition) is 2. The summed E-state index contributed by atoms with van der Waals surface area (Å²) in [5.74, 6) is 0. The minimum Gasteiger partial charge on any atom is -0.306 e. The highest BCUT2D eigenvalue weighted by molar-refractivity contribution is 5.22. The van der Waals surface area contributed by atoms with E-state index in [4.69, 9.17) is 0 Å². The molecule has 0 spiro atoms. The highest BCUT2D eigenvalue weighted by atomic mass is 15.2. The summed E-state index contributed by atoms with van der Waals surface area (Å²) in [5.41, 5.74) is 2.87. The number of likely N-dealkylation sites (tertiary alicyclic amines) is 1. The van der Waals surface area contributed by atoms with E-state index in [9.17, 15) is 0 Å². The van der Waals surface area contributed by atoms with Gasteiger partial charge in [0.2, 0.25) is 0 Å². The Hall–Kier alpha value is -0.860. The largest absolute Gasteiger partial charge is 0.306 e. The topological polar surface area (TPSA) is 6.48 Å². The van der Waals surface area contributed by atoms with Crippen molar-refractivity contribution in [3.8, 4) is 0 Å². The maximum absolute atomic E-state index is 2.52. The van der Waals surface area contributed by atoms with Crippen molar-refractivity contribution in [3.63, 3.8) is 0 Å². The Bertz CT molecular complexity index is 350. The van der Waals surface area contributed by atoms with Gasteiger partial charge in [0, 0.05) is 12.6 Å². The number of benzene rings is 1. The Morgan fingerprint density at radius 1 is 1.11 bits per heavy atom. The van der Waals surface area contributed by atoms with E-state index in [2.05, 4.69) is 55.1 Å². The standard InChI is InChI=1S/C16H26N2/c1-4-14-5-7-15(8-6-14)13-18(3)16-9-11-17(2)12-10-16/h5-8,16H,4,9-13H2,1-3H3. The molecule has 0 amide bonds. The van der Waals surface area contributed by atoms with Gasteiger partial charge in [-0.25, -0.2) is 0 Å². The van der Waals surface area contributed by atoms with Crippen LogP contribution in [0.5, 0.6) is 0 Å². The molecule has 0 N–H and O–H groups in total. The molecule has 0 radical (unpaired) electrons. The van der Waals surface area contributed by atoms with Crippen molar-refractivity contribution < 1.29 is 0 Å². The lowest BCUT2D eigenvalue weighted by atomic mass is 10.0. The quantitative estimate of drug-likeness (QED) is 0.806. The van der Waals surface area contributed by atoms with Crippen LogP contribution < -0.4 is 0 Å². The number of rotatable bonds is 4. The second kappa shape index (κ2) is 6.35. The van der Waals surface area contributed by atoms with Gasteiger partial charge in [-0.15, -0.1) is 0 Å². The number of hydrogen-bond donors (Lipinski definition) is 0. The summed E-state index contributed by atoms with van der Waals surface area (Å²) in [7, 11) is 4.49. The van der Waals surface area contributed by atoms with E-state index in [1.807, 2.05) is 0 Å². The van der Waals surface area contributed by atoms with Crippen LogP contribution >= 0.6 is 0 Å². The first-order valence-corrected chi connectivity index (χ1v) is 7.15. The van der Waals surface area contributed by atoms with Crippen molar-refractivity contribution in [1.29, 1.82) is 0 Å². The van der Waals surface area contributed by atoms with Gasteiger partial charge in [0.15, 0.2) is 0 Å². The summed E-state index contributed by atoms with van der Waals surface area (Å²) in [6, 6.07) is 9.84. The van der Waals surface area contributed by atoms with E-state index in [1.54, 1.807) is 0 Å². The minimum absolute atomic E-state index is 0.757. The molecule has 1 aliphatic heterocycles. The van der Waals surface area contributed by atoms with Gasteiger partial charge in [-0.1, -0.05) is 31.2 Å². The Kier molecular flexibility index (Phi) is 4.79. The van der Waals surface area contributed by atoms with E-state index < -0.39 is 0 Å². The van der Waals surface area contributed by atoms with E-state index in [0.717, 1.165) is 19.0 Å². The molecule has 0 saturated carbocycles. The molecule has 0 atom stereocenters. The highest BCUT2D eigenvalue weighted by Crippen LogP contribution is 2.16. The Labute approximate surface area is 112 Å². The summed E-state index contributed by atoms with van der Waals surface area (Å²) >= 11 is 0. The first-order chi connectivity index (χ1) is 8.69. The molecule has 0 aromatic heterocycles. The molecule has 100 valence electrons. The van der Waals surface area contributed by atoms with Crippen LogP contribution in [0.15, 0.2) is 24.3 Å².